The van der Waals surface area contributed by atoms with Crippen molar-refractivity contribution in [2.24, 2.45) is 0 Å². The van der Waals surface area contributed by atoms with Gasteiger partial charge in [0.2, 0.25) is 0 Å². The first kappa shape index (κ1) is 17.4. The van der Waals surface area contributed by atoms with E-state index in [1.165, 1.54) is 13.2 Å². The smallest absolute Gasteiger partial charge is 0.337 e. The molecule has 1 amide bonds. The van der Waals surface area contributed by atoms with E-state index in [1.54, 1.807) is 42.5 Å². The van der Waals surface area contributed by atoms with Crippen LogP contribution < -0.4 is 5.06 Å². The predicted octanol–water partition coefficient (Wildman–Crippen LogP) is 3.30. The highest BCUT2D eigenvalue weighted by Gasteiger charge is 2.19. The average molecular weight is 351 g/mol. The highest BCUT2D eigenvalue weighted by molar-refractivity contribution is 6.00. The van der Waals surface area contributed by atoms with E-state index < -0.39 is 11.9 Å². The maximum atomic E-state index is 12.3. The van der Waals surface area contributed by atoms with Crippen molar-refractivity contribution in [1.82, 2.24) is 0 Å². The molecular weight excluding hydrogens is 334 g/mol. The van der Waals surface area contributed by atoms with Crippen LogP contribution in [-0.4, -0.2) is 29.3 Å². The number of carbonyl (C=O) groups is 2. The van der Waals surface area contributed by atoms with Crippen LogP contribution in [0.1, 0.15) is 15.9 Å². The third-order valence-electron chi connectivity index (χ3n) is 4.07. The average Bonchev–Trinajstić information content (AvgIpc) is 2.68. The lowest BCUT2D eigenvalue weighted by molar-refractivity contribution is -0.123. The second kappa shape index (κ2) is 7.25. The van der Waals surface area contributed by atoms with Gasteiger partial charge >= 0.3 is 5.97 Å². The molecule has 0 bridgehead atoms. The molecule has 0 radical (unpaired) electrons. The summed E-state index contributed by atoms with van der Waals surface area (Å²) in [6.45, 7) is 0. The summed E-state index contributed by atoms with van der Waals surface area (Å²) in [5.74, 6) is -1.24. The predicted molar refractivity (Wildman–Crippen MR) is 96.4 cm³/mol. The van der Waals surface area contributed by atoms with E-state index in [1.807, 2.05) is 12.1 Å². The number of fused-ring (bicyclic) bond motifs is 1. The molecule has 0 spiro atoms. The van der Waals surface area contributed by atoms with Gasteiger partial charge in [0.1, 0.15) is 11.4 Å². The number of hydrogen-bond donors (Lipinski definition) is 2. The van der Waals surface area contributed by atoms with Gasteiger partial charge in [-0.05, 0) is 29.1 Å². The van der Waals surface area contributed by atoms with Crippen molar-refractivity contribution < 1.29 is 24.6 Å². The number of hydrogen-bond acceptors (Lipinski definition) is 5. The van der Waals surface area contributed by atoms with Crippen LogP contribution in [0.3, 0.4) is 0 Å². The molecule has 2 N–H and O–H groups in total. The van der Waals surface area contributed by atoms with Gasteiger partial charge in [-0.15, -0.1) is 0 Å². The van der Waals surface area contributed by atoms with Gasteiger partial charge in [0.15, 0.2) is 0 Å². The Morgan fingerprint density at radius 2 is 1.69 bits per heavy atom. The summed E-state index contributed by atoms with van der Waals surface area (Å²) in [7, 11) is 1.29. The first-order chi connectivity index (χ1) is 12.5. The second-order valence-electron chi connectivity index (χ2n) is 5.73. The first-order valence-corrected chi connectivity index (χ1v) is 7.91. The normalized spacial score (nSPS) is 10.5. The summed E-state index contributed by atoms with van der Waals surface area (Å²) in [5, 5.41) is 22.4. The largest absolute Gasteiger partial charge is 0.505 e. The SMILES string of the molecule is COC(=O)c1ccc(CC(=O)N(O)c2ccc3ccccc3c2O)cc1. The Labute approximate surface area is 149 Å². The van der Waals surface area contributed by atoms with Gasteiger partial charge in [-0.1, -0.05) is 42.5 Å². The third kappa shape index (κ3) is 3.36. The minimum absolute atomic E-state index is 0.0138. The number of amides is 1. The second-order valence-corrected chi connectivity index (χ2v) is 5.73. The summed E-state index contributed by atoms with van der Waals surface area (Å²) in [6, 6.07) is 16.6. The molecule has 0 aromatic heterocycles. The molecule has 0 aliphatic carbocycles. The van der Waals surface area contributed by atoms with Gasteiger partial charge in [0.05, 0.1) is 19.1 Å². The fraction of sp³-hybridized carbons (Fsp3) is 0.100. The molecule has 3 rings (SSSR count). The summed E-state index contributed by atoms with van der Waals surface area (Å²) in [4.78, 5) is 23.8. The van der Waals surface area contributed by atoms with Gasteiger partial charge in [-0.3, -0.25) is 10.0 Å². The number of ether oxygens (including phenoxy) is 1. The van der Waals surface area contributed by atoms with Crippen LogP contribution in [0.4, 0.5) is 5.69 Å². The molecule has 0 unspecified atom stereocenters. The van der Waals surface area contributed by atoms with Crippen molar-refractivity contribution >= 4 is 28.3 Å². The van der Waals surface area contributed by atoms with Crippen molar-refractivity contribution in [3.63, 3.8) is 0 Å². The maximum Gasteiger partial charge on any atom is 0.337 e. The van der Waals surface area contributed by atoms with Gasteiger partial charge in [-0.25, -0.2) is 4.79 Å². The Hall–Kier alpha value is -3.38. The number of anilines is 1. The Morgan fingerprint density at radius 3 is 2.38 bits per heavy atom. The molecule has 0 aliphatic rings. The molecule has 3 aromatic rings. The van der Waals surface area contributed by atoms with Crippen LogP contribution in [0.5, 0.6) is 5.75 Å². The molecule has 6 nitrogen and oxygen atoms in total. The number of methoxy groups -OCH3 is 1. The summed E-state index contributed by atoms with van der Waals surface area (Å²) < 4.78 is 4.62. The van der Waals surface area contributed by atoms with Crippen molar-refractivity contribution in [2.75, 3.05) is 12.2 Å². The highest BCUT2D eigenvalue weighted by Crippen LogP contribution is 2.34. The monoisotopic (exact) mass is 351 g/mol. The van der Waals surface area contributed by atoms with Crippen molar-refractivity contribution in [2.45, 2.75) is 6.42 Å². The standard InChI is InChI=1S/C20H17NO5/c1-26-20(24)15-8-6-13(7-9-15)12-18(22)21(25)17-11-10-14-4-2-3-5-16(14)19(17)23/h2-11,23,25H,12H2,1H3. The molecule has 6 heteroatoms. The number of carbonyl (C=O) groups excluding carboxylic acids is 2. The van der Waals surface area contributed by atoms with Crippen LogP contribution in [-0.2, 0) is 16.0 Å². The lowest BCUT2D eigenvalue weighted by atomic mass is 10.1. The van der Waals surface area contributed by atoms with E-state index in [0.29, 0.717) is 21.6 Å². The lowest BCUT2D eigenvalue weighted by Gasteiger charge is -2.17. The molecular formula is C20H17NO5. The number of nitrogens with zero attached hydrogens (tertiary/aromatic N) is 1. The van der Waals surface area contributed by atoms with Crippen LogP contribution in [0.15, 0.2) is 60.7 Å². The third-order valence-corrected chi connectivity index (χ3v) is 4.07. The van der Waals surface area contributed by atoms with E-state index >= 15 is 0 Å². The molecule has 0 fully saturated rings. The van der Waals surface area contributed by atoms with Crippen molar-refractivity contribution in [1.29, 1.82) is 0 Å². The fourth-order valence-corrected chi connectivity index (χ4v) is 2.67. The van der Waals surface area contributed by atoms with Crippen LogP contribution in [0.2, 0.25) is 0 Å². The molecule has 0 heterocycles. The highest BCUT2D eigenvalue weighted by atomic mass is 16.5. The Morgan fingerprint density at radius 1 is 1.00 bits per heavy atom. The topological polar surface area (TPSA) is 87.1 Å². The van der Waals surface area contributed by atoms with E-state index in [9.17, 15) is 19.9 Å². The van der Waals surface area contributed by atoms with Crippen molar-refractivity contribution in [3.05, 3.63) is 71.8 Å². The summed E-state index contributed by atoms with van der Waals surface area (Å²) in [5.41, 5.74) is 0.999. The quantitative estimate of drug-likeness (QED) is 0.428. The number of aromatic hydroxyl groups is 1. The van der Waals surface area contributed by atoms with E-state index in [2.05, 4.69) is 4.74 Å². The van der Waals surface area contributed by atoms with Crippen molar-refractivity contribution in [3.8, 4) is 5.75 Å². The molecule has 26 heavy (non-hydrogen) atoms. The van der Waals surface area contributed by atoms with Crippen LogP contribution >= 0.6 is 0 Å². The zero-order chi connectivity index (χ0) is 18.7. The molecule has 0 aliphatic heterocycles. The van der Waals surface area contributed by atoms with Gasteiger partial charge in [-0.2, -0.15) is 5.06 Å². The number of hydroxylamine groups is 1. The molecule has 0 saturated carbocycles. The number of phenols is 1. The van der Waals surface area contributed by atoms with Gasteiger partial charge in [0, 0.05) is 5.39 Å². The molecule has 0 saturated heterocycles. The zero-order valence-corrected chi connectivity index (χ0v) is 14.0. The first-order valence-electron chi connectivity index (χ1n) is 7.91. The molecule has 0 atom stereocenters. The Bertz CT molecular complexity index is 966. The zero-order valence-electron chi connectivity index (χ0n) is 14.0. The van der Waals surface area contributed by atoms with E-state index in [0.717, 1.165) is 5.39 Å². The summed E-state index contributed by atoms with van der Waals surface area (Å²) in [6.07, 6.45) is -0.0930. The lowest BCUT2D eigenvalue weighted by Crippen LogP contribution is -2.28. The Balaban J connectivity index is 1.80. The van der Waals surface area contributed by atoms with Crippen LogP contribution in [0, 0.1) is 0 Å². The van der Waals surface area contributed by atoms with E-state index in [4.69, 9.17) is 0 Å². The minimum Gasteiger partial charge on any atom is -0.505 e. The van der Waals surface area contributed by atoms with Gasteiger partial charge in [0.25, 0.3) is 5.91 Å². The molecule has 3 aromatic carbocycles. The number of phenolic OH excluding ortho intramolecular Hbond substituents is 1. The summed E-state index contributed by atoms with van der Waals surface area (Å²) >= 11 is 0. The fourth-order valence-electron chi connectivity index (χ4n) is 2.67. The maximum absolute atomic E-state index is 12.3. The molecule has 132 valence electrons. The van der Waals surface area contributed by atoms with Gasteiger partial charge < -0.3 is 9.84 Å². The number of rotatable bonds is 4. The minimum atomic E-state index is -0.610. The van der Waals surface area contributed by atoms with Crippen LogP contribution in [0.25, 0.3) is 10.8 Å². The Kier molecular flexibility index (Phi) is 4.86. The van der Waals surface area contributed by atoms with E-state index in [-0.39, 0.29) is 17.9 Å². The number of benzene rings is 3. The number of esters is 1.